The number of benzene rings is 2. The lowest BCUT2D eigenvalue weighted by molar-refractivity contribution is 0.102. The van der Waals surface area contributed by atoms with E-state index >= 15 is 0 Å². The molecule has 4 N–H and O–H groups in total. The maximum atomic E-state index is 12.6. The van der Waals surface area contributed by atoms with E-state index in [0.29, 0.717) is 17.9 Å². The minimum absolute atomic E-state index is 0.0324. The van der Waals surface area contributed by atoms with Gasteiger partial charge in [-0.1, -0.05) is 12.1 Å². The van der Waals surface area contributed by atoms with Gasteiger partial charge in [-0.15, -0.1) is 0 Å². The molecule has 0 aromatic heterocycles. The Morgan fingerprint density at radius 1 is 1.10 bits per heavy atom. The number of carbonyl (C=O) groups excluding carboxylic acids is 2. The van der Waals surface area contributed by atoms with Crippen LogP contribution >= 0.6 is 0 Å². The molecule has 0 atom stereocenters. The van der Waals surface area contributed by atoms with Gasteiger partial charge in [-0.25, -0.2) is 17.5 Å². The molecule has 0 unspecified atom stereocenters. The van der Waals surface area contributed by atoms with E-state index in [2.05, 4.69) is 10.6 Å². The topological polar surface area (TPSA) is 131 Å². The normalized spacial score (nSPS) is 11.2. The first kappa shape index (κ1) is 22.2. The number of nitrogens with two attached hydrogens (primary N) is 1. The molecule has 29 heavy (non-hydrogen) atoms. The predicted octanol–water partition coefficient (Wildman–Crippen LogP) is 1.76. The number of carbonyl (C=O) groups is 2. The van der Waals surface area contributed by atoms with E-state index in [9.17, 15) is 18.0 Å². The first-order valence-corrected chi connectivity index (χ1v) is 10.2. The molecule has 0 heterocycles. The van der Waals surface area contributed by atoms with Crippen LogP contribution in [-0.4, -0.2) is 45.4 Å². The van der Waals surface area contributed by atoms with Crippen molar-refractivity contribution in [3.63, 3.8) is 0 Å². The van der Waals surface area contributed by atoms with E-state index < -0.39 is 22.0 Å². The number of ether oxygens (including phenoxy) is 1. The molecule has 0 aliphatic heterocycles. The van der Waals surface area contributed by atoms with E-state index in [0.717, 1.165) is 9.87 Å². The van der Waals surface area contributed by atoms with Crippen molar-refractivity contribution in [2.75, 3.05) is 26.0 Å². The van der Waals surface area contributed by atoms with Gasteiger partial charge in [0.05, 0.1) is 6.61 Å². The molecular formula is C19H24N4O5S. The number of sulfonamides is 1. The highest BCUT2D eigenvalue weighted by molar-refractivity contribution is 7.89. The van der Waals surface area contributed by atoms with E-state index in [-0.39, 0.29) is 17.2 Å². The summed E-state index contributed by atoms with van der Waals surface area (Å²) in [7, 11) is -0.916. The van der Waals surface area contributed by atoms with E-state index in [1.165, 1.54) is 26.2 Å². The molecule has 3 amide bonds. The first-order valence-electron chi connectivity index (χ1n) is 8.78. The van der Waals surface area contributed by atoms with Crippen LogP contribution in [0.1, 0.15) is 22.8 Å². The van der Waals surface area contributed by atoms with Crippen LogP contribution in [0.25, 0.3) is 0 Å². The molecule has 0 bridgehead atoms. The molecule has 9 nitrogen and oxygen atoms in total. The van der Waals surface area contributed by atoms with Gasteiger partial charge in [0.1, 0.15) is 10.6 Å². The Morgan fingerprint density at radius 2 is 1.76 bits per heavy atom. The van der Waals surface area contributed by atoms with Gasteiger partial charge in [-0.2, -0.15) is 0 Å². The number of anilines is 1. The van der Waals surface area contributed by atoms with Gasteiger partial charge in [0.2, 0.25) is 10.0 Å². The van der Waals surface area contributed by atoms with Crippen molar-refractivity contribution in [2.45, 2.75) is 18.4 Å². The number of hydrogen-bond acceptors (Lipinski definition) is 5. The maximum absolute atomic E-state index is 12.6. The number of hydrogen-bond donors (Lipinski definition) is 3. The summed E-state index contributed by atoms with van der Waals surface area (Å²) in [6.45, 7) is 2.31. The second kappa shape index (κ2) is 9.39. The van der Waals surface area contributed by atoms with Gasteiger partial charge in [-0.3, -0.25) is 4.79 Å². The second-order valence-corrected chi connectivity index (χ2v) is 8.37. The van der Waals surface area contributed by atoms with Crippen molar-refractivity contribution < 1.29 is 22.7 Å². The zero-order chi connectivity index (χ0) is 21.6. The van der Waals surface area contributed by atoms with Crippen LogP contribution in [0, 0.1) is 0 Å². The van der Waals surface area contributed by atoms with E-state index in [1.807, 2.05) is 0 Å². The monoisotopic (exact) mass is 420 g/mol. The number of nitrogens with zero attached hydrogens (tertiary/aromatic N) is 1. The molecule has 0 radical (unpaired) electrons. The van der Waals surface area contributed by atoms with Gasteiger partial charge in [0.15, 0.2) is 0 Å². The van der Waals surface area contributed by atoms with Crippen molar-refractivity contribution >= 4 is 27.6 Å². The van der Waals surface area contributed by atoms with Crippen LogP contribution in [0.5, 0.6) is 5.75 Å². The van der Waals surface area contributed by atoms with Crippen molar-refractivity contribution in [3.8, 4) is 5.75 Å². The highest BCUT2D eigenvalue weighted by atomic mass is 32.2. The number of nitrogens with one attached hydrogen (secondary N) is 2. The lowest BCUT2D eigenvalue weighted by Gasteiger charge is -2.16. The molecule has 0 saturated carbocycles. The summed E-state index contributed by atoms with van der Waals surface area (Å²) >= 11 is 0. The average molecular weight is 420 g/mol. The number of amides is 3. The zero-order valence-electron chi connectivity index (χ0n) is 16.4. The smallest absolute Gasteiger partial charge is 0.312 e. The van der Waals surface area contributed by atoms with Crippen molar-refractivity contribution in [2.24, 2.45) is 5.73 Å². The van der Waals surface area contributed by atoms with E-state index in [4.69, 9.17) is 10.5 Å². The van der Waals surface area contributed by atoms with Gasteiger partial charge >= 0.3 is 6.03 Å². The molecule has 2 aromatic carbocycles. The molecule has 10 heteroatoms. The molecule has 0 spiro atoms. The Labute approximate surface area is 169 Å². The van der Waals surface area contributed by atoms with E-state index in [1.54, 1.807) is 37.3 Å². The summed E-state index contributed by atoms with van der Waals surface area (Å²) in [4.78, 5) is 23.2. The van der Waals surface area contributed by atoms with Crippen LogP contribution in [-0.2, 0) is 16.6 Å². The third kappa shape index (κ3) is 5.69. The molecule has 0 aliphatic rings. The molecule has 0 aliphatic carbocycles. The van der Waals surface area contributed by atoms with Crippen LogP contribution < -0.4 is 21.1 Å². The standard InChI is InChI=1S/C19H24N4O5S/c1-4-28-16-10-9-15(11-17(16)29(26,27)23(2)3)22-18(24)14-7-5-13(6-8-14)12-21-19(20)25/h5-11H,4,12H2,1-3H3,(H,22,24)(H3,20,21,25). The Kier molecular flexibility index (Phi) is 7.18. The minimum atomic E-state index is -3.76. The fraction of sp³-hybridized carbons (Fsp3) is 0.263. The second-order valence-electron chi connectivity index (χ2n) is 6.25. The summed E-state index contributed by atoms with van der Waals surface area (Å²) < 4.78 is 31.6. The molecule has 2 rings (SSSR count). The summed E-state index contributed by atoms with van der Waals surface area (Å²) in [5.74, 6) is -0.192. The maximum Gasteiger partial charge on any atom is 0.312 e. The predicted molar refractivity (Wildman–Crippen MR) is 109 cm³/mol. The van der Waals surface area contributed by atoms with Crippen LogP contribution in [0.2, 0.25) is 0 Å². The largest absolute Gasteiger partial charge is 0.492 e. The number of rotatable bonds is 8. The molecule has 0 saturated heterocycles. The van der Waals surface area contributed by atoms with Crippen LogP contribution in [0.15, 0.2) is 47.4 Å². The molecule has 2 aromatic rings. The quantitative estimate of drug-likeness (QED) is 0.599. The lowest BCUT2D eigenvalue weighted by Crippen LogP contribution is -2.28. The zero-order valence-corrected chi connectivity index (χ0v) is 17.2. The molecular weight excluding hydrogens is 396 g/mol. The third-order valence-electron chi connectivity index (χ3n) is 3.94. The molecule has 156 valence electrons. The number of primary amides is 1. The summed E-state index contributed by atoms with van der Waals surface area (Å²) in [5.41, 5.74) is 6.50. The average Bonchev–Trinajstić information content (AvgIpc) is 2.67. The summed E-state index contributed by atoms with van der Waals surface area (Å²) in [6, 6.07) is 10.4. The Bertz CT molecular complexity index is 988. The highest BCUT2D eigenvalue weighted by Gasteiger charge is 2.23. The van der Waals surface area contributed by atoms with Crippen molar-refractivity contribution in [3.05, 3.63) is 53.6 Å². The van der Waals surface area contributed by atoms with Crippen molar-refractivity contribution in [1.29, 1.82) is 0 Å². The Morgan fingerprint density at radius 3 is 2.31 bits per heavy atom. The van der Waals surface area contributed by atoms with Crippen LogP contribution in [0.4, 0.5) is 10.5 Å². The van der Waals surface area contributed by atoms with Gasteiger partial charge in [0.25, 0.3) is 5.91 Å². The summed E-state index contributed by atoms with van der Waals surface area (Å²) in [6.07, 6.45) is 0. The minimum Gasteiger partial charge on any atom is -0.492 e. The molecule has 0 fully saturated rings. The van der Waals surface area contributed by atoms with Gasteiger partial charge < -0.3 is 21.1 Å². The fourth-order valence-electron chi connectivity index (χ4n) is 2.43. The Balaban J connectivity index is 2.23. The van der Waals surface area contributed by atoms with Crippen LogP contribution in [0.3, 0.4) is 0 Å². The Hall–Kier alpha value is -3.11. The lowest BCUT2D eigenvalue weighted by atomic mass is 10.1. The first-order chi connectivity index (χ1) is 13.6. The third-order valence-corrected chi connectivity index (χ3v) is 5.78. The van der Waals surface area contributed by atoms with Crippen molar-refractivity contribution in [1.82, 2.24) is 9.62 Å². The number of urea groups is 1. The summed E-state index contributed by atoms with van der Waals surface area (Å²) in [5, 5.41) is 5.14. The fourth-order valence-corrected chi connectivity index (χ4v) is 3.48. The van der Waals surface area contributed by atoms with Gasteiger partial charge in [0, 0.05) is 31.9 Å². The SMILES string of the molecule is CCOc1ccc(NC(=O)c2ccc(CNC(N)=O)cc2)cc1S(=O)(=O)N(C)C. The highest BCUT2D eigenvalue weighted by Crippen LogP contribution is 2.29. The van der Waals surface area contributed by atoms with Gasteiger partial charge in [-0.05, 0) is 42.8 Å².